The van der Waals surface area contributed by atoms with Crippen LogP contribution < -0.4 is 5.73 Å². The first-order valence-electron chi connectivity index (χ1n) is 5.60. The molecule has 0 spiro atoms. The molecule has 102 valence electrons. The minimum absolute atomic E-state index is 0. The van der Waals surface area contributed by atoms with Crippen molar-refractivity contribution in [2.75, 3.05) is 19.4 Å². The Kier molecular flexibility index (Phi) is 4.95. The average molecular weight is 292 g/mol. The second kappa shape index (κ2) is 5.86. The molecule has 1 atom stereocenters. The number of carbonyl (C=O) groups excluding carboxylic acids is 1. The normalized spacial score (nSPS) is 23.7. The van der Waals surface area contributed by atoms with Crippen molar-refractivity contribution < 1.29 is 9.53 Å². The number of carbonyl (C=O) groups is 1. The highest BCUT2D eigenvalue weighted by Crippen LogP contribution is 2.32. The first-order valence-corrected chi connectivity index (χ1v) is 6.41. The Morgan fingerprint density at radius 2 is 2.44 bits per heavy atom. The predicted molar refractivity (Wildman–Crippen MR) is 73.8 cm³/mol. The van der Waals surface area contributed by atoms with Crippen molar-refractivity contribution in [3.8, 4) is 0 Å². The smallest absolute Gasteiger partial charge is 0.326 e. The summed E-state index contributed by atoms with van der Waals surface area (Å²) < 4.78 is 4.89. The molecule has 7 heteroatoms. The van der Waals surface area contributed by atoms with Crippen LogP contribution in [0.3, 0.4) is 0 Å². The van der Waals surface area contributed by atoms with Crippen LogP contribution in [0.25, 0.3) is 0 Å². The van der Waals surface area contributed by atoms with Gasteiger partial charge in [0.25, 0.3) is 0 Å². The minimum Gasteiger partial charge on any atom is -0.468 e. The van der Waals surface area contributed by atoms with Gasteiger partial charge in [0.2, 0.25) is 0 Å². The standard InChI is InChI=1S/C11H17N3O2S.ClH/c1-11(9(15)16-2)4-3-5-14(11)7-8-6-13-10(12)17-8;/h6H,3-5,7H2,1-2H3,(H2,12,13);1H. The molecule has 18 heavy (non-hydrogen) atoms. The Balaban J connectivity index is 0.00000162. The van der Waals surface area contributed by atoms with E-state index in [1.807, 2.05) is 6.92 Å². The summed E-state index contributed by atoms with van der Waals surface area (Å²) in [5.41, 5.74) is 5.10. The fourth-order valence-corrected chi connectivity index (χ4v) is 3.01. The van der Waals surface area contributed by atoms with Gasteiger partial charge < -0.3 is 10.5 Å². The lowest BCUT2D eigenvalue weighted by Crippen LogP contribution is -2.48. The number of rotatable bonds is 3. The van der Waals surface area contributed by atoms with Crippen LogP contribution in [0.5, 0.6) is 0 Å². The molecule has 0 saturated carbocycles. The van der Waals surface area contributed by atoms with Gasteiger partial charge in [-0.25, -0.2) is 4.98 Å². The lowest BCUT2D eigenvalue weighted by atomic mass is 9.99. The molecule has 1 fully saturated rings. The van der Waals surface area contributed by atoms with Gasteiger partial charge in [-0.2, -0.15) is 0 Å². The molecule has 0 amide bonds. The largest absolute Gasteiger partial charge is 0.468 e. The molecule has 2 N–H and O–H groups in total. The van der Waals surface area contributed by atoms with E-state index in [-0.39, 0.29) is 18.4 Å². The Labute approximate surface area is 117 Å². The van der Waals surface area contributed by atoms with E-state index in [1.54, 1.807) is 6.20 Å². The predicted octanol–water partition coefficient (Wildman–Crippen LogP) is 1.67. The van der Waals surface area contributed by atoms with Crippen LogP contribution in [-0.4, -0.2) is 35.0 Å². The number of aromatic nitrogens is 1. The van der Waals surface area contributed by atoms with Crippen LogP contribution in [0, 0.1) is 0 Å². The zero-order valence-corrected chi connectivity index (χ0v) is 12.1. The molecule has 2 rings (SSSR count). The minimum atomic E-state index is -0.506. The third kappa shape index (κ3) is 2.76. The molecule has 1 aliphatic heterocycles. The quantitative estimate of drug-likeness (QED) is 0.858. The maximum atomic E-state index is 11.8. The highest BCUT2D eigenvalue weighted by Gasteiger charge is 2.44. The van der Waals surface area contributed by atoms with Gasteiger partial charge in [-0.3, -0.25) is 9.69 Å². The van der Waals surface area contributed by atoms with Crippen LogP contribution >= 0.6 is 23.7 Å². The zero-order valence-electron chi connectivity index (χ0n) is 10.5. The highest BCUT2D eigenvalue weighted by molar-refractivity contribution is 7.15. The van der Waals surface area contributed by atoms with Gasteiger partial charge in [-0.1, -0.05) is 0 Å². The number of likely N-dealkylation sites (tertiary alicyclic amines) is 1. The Morgan fingerprint density at radius 3 is 3.00 bits per heavy atom. The number of thiazole rings is 1. The molecule has 1 aromatic rings. The Hall–Kier alpha value is -0.850. The van der Waals surface area contributed by atoms with E-state index < -0.39 is 5.54 Å². The average Bonchev–Trinajstić information content (AvgIpc) is 2.87. The first kappa shape index (κ1) is 15.2. The summed E-state index contributed by atoms with van der Waals surface area (Å²) in [5, 5.41) is 0.568. The lowest BCUT2D eigenvalue weighted by Gasteiger charge is -2.31. The first-order chi connectivity index (χ1) is 8.06. The monoisotopic (exact) mass is 291 g/mol. The third-order valence-electron chi connectivity index (χ3n) is 3.33. The number of nitrogens with zero attached hydrogens (tertiary/aromatic N) is 2. The van der Waals surface area contributed by atoms with E-state index in [4.69, 9.17) is 10.5 Å². The van der Waals surface area contributed by atoms with E-state index in [2.05, 4.69) is 9.88 Å². The van der Waals surface area contributed by atoms with Crippen LogP contribution in [-0.2, 0) is 16.1 Å². The number of hydrogen-bond donors (Lipinski definition) is 1. The molecule has 1 aromatic heterocycles. The number of halogens is 1. The number of methoxy groups -OCH3 is 1. The fourth-order valence-electron chi connectivity index (χ4n) is 2.31. The van der Waals surface area contributed by atoms with Gasteiger partial charge in [-0.15, -0.1) is 23.7 Å². The van der Waals surface area contributed by atoms with Crippen molar-refractivity contribution >= 4 is 34.8 Å². The molecule has 0 radical (unpaired) electrons. The van der Waals surface area contributed by atoms with Gasteiger partial charge in [0, 0.05) is 17.6 Å². The summed E-state index contributed by atoms with van der Waals surface area (Å²) in [6.45, 7) is 3.56. The summed E-state index contributed by atoms with van der Waals surface area (Å²) in [6.07, 6.45) is 3.63. The number of nitrogen functional groups attached to an aromatic ring is 1. The van der Waals surface area contributed by atoms with E-state index in [9.17, 15) is 4.79 Å². The maximum absolute atomic E-state index is 11.8. The molecule has 1 unspecified atom stereocenters. The van der Waals surface area contributed by atoms with Gasteiger partial charge in [0.1, 0.15) is 5.54 Å². The van der Waals surface area contributed by atoms with Crippen molar-refractivity contribution in [2.24, 2.45) is 0 Å². The van der Waals surface area contributed by atoms with E-state index in [1.165, 1.54) is 18.4 Å². The van der Waals surface area contributed by atoms with Crippen molar-refractivity contribution in [1.82, 2.24) is 9.88 Å². The topological polar surface area (TPSA) is 68.5 Å². The lowest BCUT2D eigenvalue weighted by molar-refractivity contribution is -0.152. The van der Waals surface area contributed by atoms with Crippen LogP contribution in [0.2, 0.25) is 0 Å². The third-order valence-corrected chi connectivity index (χ3v) is 4.14. The van der Waals surface area contributed by atoms with Gasteiger partial charge in [0.15, 0.2) is 5.13 Å². The second-order valence-electron chi connectivity index (χ2n) is 4.46. The molecule has 0 bridgehead atoms. The number of hydrogen-bond acceptors (Lipinski definition) is 6. The molecular weight excluding hydrogens is 274 g/mol. The Morgan fingerprint density at radius 1 is 1.72 bits per heavy atom. The van der Waals surface area contributed by atoms with Crippen LogP contribution in [0.4, 0.5) is 5.13 Å². The van der Waals surface area contributed by atoms with E-state index in [0.717, 1.165) is 24.3 Å². The molecule has 0 aromatic carbocycles. The SMILES string of the molecule is COC(=O)C1(C)CCCN1Cc1cnc(N)s1.Cl. The molecule has 5 nitrogen and oxygen atoms in total. The number of nitrogens with two attached hydrogens (primary N) is 1. The summed E-state index contributed by atoms with van der Waals surface area (Å²) in [5.74, 6) is -0.160. The summed E-state index contributed by atoms with van der Waals surface area (Å²) >= 11 is 1.47. The van der Waals surface area contributed by atoms with Crippen LogP contribution in [0.1, 0.15) is 24.6 Å². The summed E-state index contributed by atoms with van der Waals surface area (Å²) in [7, 11) is 1.44. The summed E-state index contributed by atoms with van der Waals surface area (Å²) in [4.78, 5) is 19.1. The van der Waals surface area contributed by atoms with E-state index in [0.29, 0.717) is 11.7 Å². The van der Waals surface area contributed by atoms with Crippen molar-refractivity contribution in [3.05, 3.63) is 11.1 Å². The molecular formula is C11H18ClN3O2S. The molecule has 1 aliphatic rings. The van der Waals surface area contributed by atoms with Crippen molar-refractivity contribution in [3.63, 3.8) is 0 Å². The maximum Gasteiger partial charge on any atom is 0.326 e. The van der Waals surface area contributed by atoms with Crippen LogP contribution in [0.15, 0.2) is 6.20 Å². The second-order valence-corrected chi connectivity index (χ2v) is 5.60. The van der Waals surface area contributed by atoms with Crippen molar-refractivity contribution in [2.45, 2.75) is 31.8 Å². The molecule has 0 aliphatic carbocycles. The summed E-state index contributed by atoms with van der Waals surface area (Å²) in [6, 6.07) is 0. The van der Waals surface area contributed by atoms with Gasteiger partial charge >= 0.3 is 5.97 Å². The molecule has 1 saturated heterocycles. The number of ether oxygens (including phenoxy) is 1. The highest BCUT2D eigenvalue weighted by atomic mass is 35.5. The number of esters is 1. The van der Waals surface area contributed by atoms with Crippen molar-refractivity contribution in [1.29, 1.82) is 0 Å². The Bertz CT molecular complexity index is 426. The zero-order chi connectivity index (χ0) is 12.5. The molecule has 2 heterocycles. The van der Waals surface area contributed by atoms with Gasteiger partial charge in [-0.05, 0) is 26.3 Å². The number of anilines is 1. The van der Waals surface area contributed by atoms with Gasteiger partial charge in [0.05, 0.1) is 7.11 Å². The fraction of sp³-hybridized carbons (Fsp3) is 0.636. The van der Waals surface area contributed by atoms with E-state index >= 15 is 0 Å².